The van der Waals surface area contributed by atoms with Crippen LogP contribution in [-0.4, -0.2) is 61.3 Å². The lowest BCUT2D eigenvalue weighted by molar-refractivity contribution is -0.138. The molecule has 0 radical (unpaired) electrons. The molecule has 1 aromatic heterocycles. The number of carbonyl (C=O) groups is 4. The Kier molecular flexibility index (Phi) is 9.10. The Hall–Kier alpha value is -4.36. The number of aldehydes is 1. The summed E-state index contributed by atoms with van der Waals surface area (Å²) in [5, 5.41) is 12.2. The van der Waals surface area contributed by atoms with E-state index in [2.05, 4.69) is 10.3 Å². The van der Waals surface area contributed by atoms with Crippen molar-refractivity contribution in [3.05, 3.63) is 65.9 Å². The number of nitrogens with two attached hydrogens (primary N) is 1. The summed E-state index contributed by atoms with van der Waals surface area (Å²) in [5.41, 5.74) is 6.84. The monoisotopic (exact) mass is 542 g/mol. The molecule has 2 amide bonds. The van der Waals surface area contributed by atoms with Gasteiger partial charge in [-0.15, -0.1) is 0 Å². The molecule has 13 heteroatoms. The van der Waals surface area contributed by atoms with E-state index in [4.69, 9.17) is 15.6 Å². The summed E-state index contributed by atoms with van der Waals surface area (Å²) in [6.07, 6.45) is 1.44. The van der Waals surface area contributed by atoms with Crippen molar-refractivity contribution < 1.29 is 37.4 Å². The lowest BCUT2D eigenvalue weighted by Gasteiger charge is -2.17. The largest absolute Gasteiger partial charge is 0.492 e. The maximum Gasteiger partial charge on any atom is 0.305 e. The second-order valence-corrected chi connectivity index (χ2v) is 9.99. The number of ether oxygens (including phenoxy) is 1. The molecule has 2 atom stereocenters. The first-order chi connectivity index (χ1) is 18.0. The minimum Gasteiger partial charge on any atom is -0.492 e. The van der Waals surface area contributed by atoms with Gasteiger partial charge in [-0.25, -0.2) is 13.1 Å². The van der Waals surface area contributed by atoms with Crippen LogP contribution in [0.3, 0.4) is 0 Å². The van der Waals surface area contributed by atoms with Gasteiger partial charge in [0, 0.05) is 23.6 Å². The molecule has 0 aliphatic rings. The summed E-state index contributed by atoms with van der Waals surface area (Å²) < 4.78 is 33.9. The number of rotatable bonds is 13. The molecular formula is C25H26N4O8S. The minimum atomic E-state index is -4.44. The Morgan fingerprint density at radius 2 is 1.92 bits per heavy atom. The van der Waals surface area contributed by atoms with Crippen LogP contribution in [0.25, 0.3) is 10.9 Å². The first-order valence-corrected chi connectivity index (χ1v) is 12.9. The standard InChI is InChI=1S/C25H26N4O8S/c1-15(24(26)33)28-25(34)17-7-8-22(38(35,36)29-18(14-30)13-23(31)32)21(12-17)37-11-9-16-4-2-6-20-19(16)5-3-10-27-20/h2-8,10,12,14-15,18,29H,9,11,13H2,1H3,(H2,26,33)(H,28,34)(H,31,32)/t15-,18-/m0/s1. The van der Waals surface area contributed by atoms with Crippen LogP contribution >= 0.6 is 0 Å². The van der Waals surface area contributed by atoms with E-state index in [0.717, 1.165) is 22.5 Å². The van der Waals surface area contributed by atoms with Gasteiger partial charge in [0.1, 0.15) is 23.0 Å². The lowest BCUT2D eigenvalue weighted by atomic mass is 10.1. The number of pyridine rings is 1. The summed E-state index contributed by atoms with van der Waals surface area (Å²) in [4.78, 5) is 50.0. The highest BCUT2D eigenvalue weighted by molar-refractivity contribution is 7.89. The van der Waals surface area contributed by atoms with E-state index < -0.39 is 51.2 Å². The maximum atomic E-state index is 13.0. The highest BCUT2D eigenvalue weighted by Crippen LogP contribution is 2.27. The molecular weight excluding hydrogens is 516 g/mol. The molecule has 0 fully saturated rings. The molecule has 0 unspecified atom stereocenters. The number of benzene rings is 2. The molecule has 0 saturated heterocycles. The molecule has 0 aliphatic heterocycles. The second kappa shape index (κ2) is 12.3. The van der Waals surface area contributed by atoms with Gasteiger partial charge in [-0.1, -0.05) is 18.2 Å². The van der Waals surface area contributed by atoms with Crippen molar-refractivity contribution >= 4 is 45.0 Å². The fourth-order valence-electron chi connectivity index (χ4n) is 3.56. The molecule has 3 aromatic rings. The predicted molar refractivity (Wildman–Crippen MR) is 136 cm³/mol. The number of fused-ring (bicyclic) bond motifs is 1. The van der Waals surface area contributed by atoms with Gasteiger partial charge >= 0.3 is 5.97 Å². The van der Waals surface area contributed by atoms with E-state index in [1.165, 1.54) is 19.1 Å². The zero-order valence-electron chi connectivity index (χ0n) is 20.3. The summed E-state index contributed by atoms with van der Waals surface area (Å²) >= 11 is 0. The van der Waals surface area contributed by atoms with Crippen LogP contribution < -0.4 is 20.5 Å². The Bertz CT molecular complexity index is 1470. The number of carboxylic acids is 1. The number of nitrogens with one attached hydrogen (secondary N) is 2. The fourth-order valence-corrected chi connectivity index (χ4v) is 4.85. The Morgan fingerprint density at radius 3 is 2.61 bits per heavy atom. The molecule has 3 rings (SSSR count). The van der Waals surface area contributed by atoms with E-state index in [1.54, 1.807) is 12.3 Å². The number of sulfonamides is 1. The number of primary amides is 1. The van der Waals surface area contributed by atoms with Crippen LogP contribution in [0, 0.1) is 0 Å². The predicted octanol–water partition coefficient (Wildman–Crippen LogP) is 0.780. The molecule has 5 N–H and O–H groups in total. The smallest absolute Gasteiger partial charge is 0.305 e. The number of aliphatic carboxylic acids is 1. The first-order valence-electron chi connectivity index (χ1n) is 11.4. The van der Waals surface area contributed by atoms with Gasteiger partial charge in [0.05, 0.1) is 24.6 Å². The molecule has 38 heavy (non-hydrogen) atoms. The van der Waals surface area contributed by atoms with Gasteiger partial charge < -0.3 is 25.7 Å². The average Bonchev–Trinajstić information content (AvgIpc) is 2.87. The molecule has 0 spiro atoms. The molecule has 0 bridgehead atoms. The third-order valence-electron chi connectivity index (χ3n) is 5.50. The Morgan fingerprint density at radius 1 is 1.16 bits per heavy atom. The van der Waals surface area contributed by atoms with Crippen LogP contribution in [-0.2, 0) is 30.8 Å². The normalized spacial score (nSPS) is 12.9. The van der Waals surface area contributed by atoms with Gasteiger partial charge in [0.2, 0.25) is 15.9 Å². The molecule has 2 aromatic carbocycles. The van der Waals surface area contributed by atoms with Crippen molar-refractivity contribution in [3.63, 3.8) is 0 Å². The number of hydrogen-bond donors (Lipinski definition) is 4. The number of aromatic nitrogens is 1. The SMILES string of the molecule is C[C@H](NC(=O)c1ccc(S(=O)(=O)N[C@H](C=O)CC(=O)O)c(OCCc2cccc3ncccc23)c1)C(N)=O. The van der Waals surface area contributed by atoms with Gasteiger partial charge in [-0.05, 0) is 42.8 Å². The van der Waals surface area contributed by atoms with Crippen LogP contribution in [0.4, 0.5) is 0 Å². The molecule has 12 nitrogen and oxygen atoms in total. The quantitative estimate of drug-likeness (QED) is 0.226. The van der Waals surface area contributed by atoms with Crippen LogP contribution in [0.2, 0.25) is 0 Å². The summed E-state index contributed by atoms with van der Waals surface area (Å²) in [6, 6.07) is 10.2. The lowest BCUT2D eigenvalue weighted by Crippen LogP contribution is -2.42. The number of amides is 2. The zero-order valence-corrected chi connectivity index (χ0v) is 21.1. The number of carboxylic acid groups (broad SMARTS) is 1. The van der Waals surface area contributed by atoms with E-state index in [-0.39, 0.29) is 24.2 Å². The van der Waals surface area contributed by atoms with Crippen molar-refractivity contribution in [1.29, 1.82) is 0 Å². The highest BCUT2D eigenvalue weighted by Gasteiger charge is 2.26. The van der Waals surface area contributed by atoms with Crippen molar-refractivity contribution in [3.8, 4) is 5.75 Å². The van der Waals surface area contributed by atoms with Crippen LogP contribution in [0.15, 0.2) is 59.6 Å². The van der Waals surface area contributed by atoms with Gasteiger partial charge in [-0.2, -0.15) is 0 Å². The number of nitrogens with zero attached hydrogens (tertiary/aromatic N) is 1. The van der Waals surface area contributed by atoms with Crippen molar-refractivity contribution in [2.75, 3.05) is 6.61 Å². The van der Waals surface area contributed by atoms with Gasteiger partial charge in [-0.3, -0.25) is 19.4 Å². The van der Waals surface area contributed by atoms with E-state index in [0.29, 0.717) is 6.42 Å². The molecule has 0 saturated carbocycles. The third kappa shape index (κ3) is 7.11. The minimum absolute atomic E-state index is 0.00548. The topological polar surface area (TPSA) is 195 Å². The zero-order chi connectivity index (χ0) is 27.9. The van der Waals surface area contributed by atoms with Crippen molar-refractivity contribution in [1.82, 2.24) is 15.0 Å². The first kappa shape index (κ1) is 28.2. The molecule has 0 aliphatic carbocycles. The Balaban J connectivity index is 1.91. The third-order valence-corrected chi connectivity index (χ3v) is 7.03. The van der Waals surface area contributed by atoms with E-state index >= 15 is 0 Å². The number of hydrogen-bond acceptors (Lipinski definition) is 8. The highest BCUT2D eigenvalue weighted by atomic mass is 32.2. The van der Waals surface area contributed by atoms with Crippen LogP contribution in [0.1, 0.15) is 29.3 Å². The molecule has 1 heterocycles. The average molecular weight is 543 g/mol. The summed E-state index contributed by atoms with van der Waals surface area (Å²) in [6.45, 7) is 1.40. The van der Waals surface area contributed by atoms with Gasteiger partial charge in [0.25, 0.3) is 5.91 Å². The van der Waals surface area contributed by atoms with Crippen molar-refractivity contribution in [2.45, 2.75) is 36.7 Å². The summed E-state index contributed by atoms with van der Waals surface area (Å²) in [7, 11) is -4.44. The van der Waals surface area contributed by atoms with Crippen molar-refractivity contribution in [2.24, 2.45) is 5.73 Å². The van der Waals surface area contributed by atoms with Gasteiger partial charge in [0.15, 0.2) is 0 Å². The maximum absolute atomic E-state index is 13.0. The second-order valence-electron chi connectivity index (χ2n) is 8.31. The van der Waals surface area contributed by atoms with E-state index in [1.807, 2.05) is 29.0 Å². The summed E-state index contributed by atoms with van der Waals surface area (Å²) in [5.74, 6) is -3.05. The number of carbonyl (C=O) groups excluding carboxylic acids is 3. The fraction of sp³-hybridized carbons (Fsp3) is 0.240. The van der Waals surface area contributed by atoms with Crippen LogP contribution in [0.5, 0.6) is 5.75 Å². The van der Waals surface area contributed by atoms with E-state index in [9.17, 15) is 27.6 Å². The Labute approximate surface area is 218 Å². The molecule has 200 valence electrons.